The summed E-state index contributed by atoms with van der Waals surface area (Å²) in [6.45, 7) is 1.30. The monoisotopic (exact) mass is 332 g/mol. The van der Waals surface area contributed by atoms with E-state index in [0.717, 1.165) is 0 Å². The molecule has 1 aromatic rings. The molecule has 1 atom stereocenters. The fraction of sp³-hybridized carbons (Fsp3) is 0.467. The molecule has 0 aliphatic heterocycles. The van der Waals surface area contributed by atoms with Crippen molar-refractivity contribution in [3.63, 3.8) is 0 Å². The first-order valence-corrected chi connectivity index (χ1v) is 7.00. The lowest BCUT2D eigenvalue weighted by Gasteiger charge is -2.21. The van der Waals surface area contributed by atoms with Gasteiger partial charge in [-0.2, -0.15) is 13.2 Å². The molecule has 1 amide bonds. The van der Waals surface area contributed by atoms with Crippen molar-refractivity contribution in [2.24, 2.45) is 5.92 Å². The minimum absolute atomic E-state index is 0.415. The molecule has 0 saturated carbocycles. The molecule has 0 aliphatic carbocycles. The van der Waals surface area contributed by atoms with Crippen LogP contribution in [0, 0.1) is 5.92 Å². The van der Waals surface area contributed by atoms with E-state index < -0.39 is 43.2 Å². The summed E-state index contributed by atoms with van der Waals surface area (Å²) in [5.74, 6) is -1.88. The second kappa shape index (κ2) is 8.52. The number of hydrogen-bond donors (Lipinski definition) is 2. The van der Waals surface area contributed by atoms with E-state index in [4.69, 9.17) is 4.74 Å². The number of hydrogen-bond acceptors (Lipinski definition) is 4. The Morgan fingerprint density at radius 1 is 1.17 bits per heavy atom. The van der Waals surface area contributed by atoms with E-state index in [-0.39, 0.29) is 0 Å². The van der Waals surface area contributed by atoms with Gasteiger partial charge in [0.25, 0.3) is 5.91 Å². The number of nitrogens with one attached hydrogen (secondary N) is 2. The van der Waals surface area contributed by atoms with Gasteiger partial charge in [-0.3, -0.25) is 14.9 Å². The smallest absolute Gasteiger partial charge is 0.401 e. The van der Waals surface area contributed by atoms with Crippen molar-refractivity contribution in [2.75, 3.05) is 18.5 Å². The quantitative estimate of drug-likeness (QED) is 0.752. The maximum absolute atomic E-state index is 12.2. The maximum atomic E-state index is 12.2. The van der Waals surface area contributed by atoms with Gasteiger partial charge in [0.2, 0.25) is 0 Å². The average Bonchev–Trinajstić information content (AvgIpc) is 2.44. The highest BCUT2D eigenvalue weighted by Gasteiger charge is 2.32. The SMILES string of the molecule is CC(C)[C@H](NCC(F)(F)F)C(=O)OCC(=O)Nc1ccccc1. The van der Waals surface area contributed by atoms with Crippen molar-refractivity contribution in [3.8, 4) is 0 Å². The molecule has 2 N–H and O–H groups in total. The Balaban J connectivity index is 2.47. The Kier molecular flexibility index (Phi) is 7.02. The minimum atomic E-state index is -4.43. The highest BCUT2D eigenvalue weighted by molar-refractivity contribution is 5.93. The summed E-state index contributed by atoms with van der Waals surface area (Å²) in [4.78, 5) is 23.5. The molecule has 8 heteroatoms. The number of esters is 1. The predicted octanol–water partition coefficient (Wildman–Crippen LogP) is 2.34. The summed E-state index contributed by atoms with van der Waals surface area (Å²) in [7, 11) is 0. The molecule has 1 rings (SSSR count). The minimum Gasteiger partial charge on any atom is -0.454 e. The molecule has 0 aliphatic rings. The van der Waals surface area contributed by atoms with Gasteiger partial charge in [-0.1, -0.05) is 32.0 Å². The van der Waals surface area contributed by atoms with Crippen LogP contribution < -0.4 is 10.6 Å². The molecular weight excluding hydrogens is 313 g/mol. The number of rotatable bonds is 7. The third-order valence-corrected chi connectivity index (χ3v) is 2.85. The molecule has 0 heterocycles. The molecule has 23 heavy (non-hydrogen) atoms. The summed E-state index contributed by atoms with van der Waals surface area (Å²) in [5, 5.41) is 4.61. The summed E-state index contributed by atoms with van der Waals surface area (Å²) in [5.41, 5.74) is 0.532. The second-order valence-corrected chi connectivity index (χ2v) is 5.24. The Morgan fingerprint density at radius 2 is 1.78 bits per heavy atom. The molecule has 0 radical (unpaired) electrons. The highest BCUT2D eigenvalue weighted by Crippen LogP contribution is 2.14. The first-order valence-electron chi connectivity index (χ1n) is 7.00. The van der Waals surface area contributed by atoms with Crippen LogP contribution in [0.1, 0.15) is 13.8 Å². The first kappa shape index (κ1) is 19.0. The predicted molar refractivity (Wildman–Crippen MR) is 78.7 cm³/mol. The number of para-hydroxylation sites is 1. The van der Waals surface area contributed by atoms with Gasteiger partial charge in [0.15, 0.2) is 6.61 Å². The summed E-state index contributed by atoms with van der Waals surface area (Å²) in [6, 6.07) is 7.38. The number of halogens is 3. The van der Waals surface area contributed by atoms with Crippen molar-refractivity contribution in [1.82, 2.24) is 5.32 Å². The maximum Gasteiger partial charge on any atom is 0.401 e. The third kappa shape index (κ3) is 7.64. The first-order chi connectivity index (χ1) is 10.7. The average molecular weight is 332 g/mol. The Labute approximate surface area is 132 Å². The van der Waals surface area contributed by atoms with Gasteiger partial charge in [0.05, 0.1) is 6.54 Å². The lowest BCUT2D eigenvalue weighted by Crippen LogP contribution is -2.46. The van der Waals surface area contributed by atoms with Crippen LogP contribution in [0.3, 0.4) is 0 Å². The van der Waals surface area contributed by atoms with Gasteiger partial charge in [-0.25, -0.2) is 0 Å². The van der Waals surface area contributed by atoms with Crippen molar-refractivity contribution in [2.45, 2.75) is 26.1 Å². The third-order valence-electron chi connectivity index (χ3n) is 2.85. The van der Waals surface area contributed by atoms with E-state index in [9.17, 15) is 22.8 Å². The van der Waals surface area contributed by atoms with Gasteiger partial charge in [0, 0.05) is 5.69 Å². The van der Waals surface area contributed by atoms with E-state index in [2.05, 4.69) is 10.6 Å². The van der Waals surface area contributed by atoms with E-state index >= 15 is 0 Å². The molecular formula is C15H19F3N2O3. The number of benzene rings is 1. The standard InChI is InChI=1S/C15H19F3N2O3/c1-10(2)13(19-9-15(16,17)18)14(22)23-8-12(21)20-11-6-4-3-5-7-11/h3-7,10,13,19H,8-9H2,1-2H3,(H,20,21)/t13-/m0/s1. The summed E-state index contributed by atoms with van der Waals surface area (Å²) >= 11 is 0. The van der Waals surface area contributed by atoms with E-state index in [1.165, 1.54) is 0 Å². The fourth-order valence-corrected chi connectivity index (χ4v) is 1.76. The van der Waals surface area contributed by atoms with Crippen molar-refractivity contribution < 1.29 is 27.5 Å². The Morgan fingerprint density at radius 3 is 2.30 bits per heavy atom. The molecule has 128 valence electrons. The number of alkyl halides is 3. The Bertz CT molecular complexity index is 518. The van der Waals surface area contributed by atoms with Gasteiger partial charge in [-0.15, -0.1) is 0 Å². The van der Waals surface area contributed by atoms with Crippen LogP contribution in [0.25, 0.3) is 0 Å². The zero-order valence-corrected chi connectivity index (χ0v) is 12.8. The molecule has 0 spiro atoms. The molecule has 0 unspecified atom stereocenters. The number of amides is 1. The van der Waals surface area contributed by atoms with Crippen LogP contribution in [-0.4, -0.2) is 37.2 Å². The molecule has 0 saturated heterocycles. The van der Waals surface area contributed by atoms with Crippen LogP contribution in [0.15, 0.2) is 30.3 Å². The lowest BCUT2D eigenvalue weighted by atomic mass is 10.0. The van der Waals surface area contributed by atoms with E-state index in [1.54, 1.807) is 44.2 Å². The van der Waals surface area contributed by atoms with E-state index in [1.807, 2.05) is 0 Å². The van der Waals surface area contributed by atoms with Gasteiger partial charge in [-0.05, 0) is 18.1 Å². The van der Waals surface area contributed by atoms with Crippen LogP contribution in [0.2, 0.25) is 0 Å². The van der Waals surface area contributed by atoms with Gasteiger partial charge < -0.3 is 10.1 Å². The zero-order valence-electron chi connectivity index (χ0n) is 12.8. The lowest BCUT2D eigenvalue weighted by molar-refractivity contribution is -0.153. The normalized spacial score (nSPS) is 12.8. The molecule has 0 fully saturated rings. The van der Waals surface area contributed by atoms with Crippen molar-refractivity contribution in [3.05, 3.63) is 30.3 Å². The van der Waals surface area contributed by atoms with Crippen molar-refractivity contribution >= 4 is 17.6 Å². The van der Waals surface area contributed by atoms with Crippen LogP contribution in [-0.2, 0) is 14.3 Å². The van der Waals surface area contributed by atoms with Crippen LogP contribution in [0.4, 0.5) is 18.9 Å². The highest BCUT2D eigenvalue weighted by atomic mass is 19.4. The van der Waals surface area contributed by atoms with Gasteiger partial charge in [0.1, 0.15) is 6.04 Å². The Hall–Kier alpha value is -2.09. The van der Waals surface area contributed by atoms with Crippen LogP contribution in [0.5, 0.6) is 0 Å². The molecule has 0 bridgehead atoms. The fourth-order valence-electron chi connectivity index (χ4n) is 1.76. The largest absolute Gasteiger partial charge is 0.454 e. The molecule has 5 nitrogen and oxygen atoms in total. The number of ether oxygens (including phenoxy) is 1. The van der Waals surface area contributed by atoms with E-state index in [0.29, 0.717) is 5.69 Å². The molecule has 0 aromatic heterocycles. The second-order valence-electron chi connectivity index (χ2n) is 5.24. The molecule has 1 aromatic carbocycles. The van der Waals surface area contributed by atoms with Crippen molar-refractivity contribution in [1.29, 1.82) is 0 Å². The topological polar surface area (TPSA) is 67.4 Å². The van der Waals surface area contributed by atoms with Gasteiger partial charge >= 0.3 is 12.1 Å². The summed E-state index contributed by atoms with van der Waals surface area (Å²) in [6.07, 6.45) is -4.43. The van der Waals surface area contributed by atoms with Crippen LogP contribution >= 0.6 is 0 Å². The number of anilines is 1. The summed E-state index contributed by atoms with van der Waals surface area (Å²) < 4.78 is 41.4. The number of carbonyl (C=O) groups is 2. The zero-order chi connectivity index (χ0) is 17.5. The number of carbonyl (C=O) groups excluding carboxylic acids is 2.